The molecule has 118 valence electrons. The van der Waals surface area contributed by atoms with Crippen molar-refractivity contribution in [3.8, 4) is 11.8 Å². The Morgan fingerprint density at radius 3 is 2.70 bits per heavy atom. The molecule has 0 unspecified atom stereocenters. The average molecular weight is 310 g/mol. The fraction of sp³-hybridized carbons (Fsp3) is 0.235. The van der Waals surface area contributed by atoms with Crippen LogP contribution in [-0.2, 0) is 11.3 Å². The Hall–Kier alpha value is -3.07. The van der Waals surface area contributed by atoms with Gasteiger partial charge in [-0.1, -0.05) is 6.07 Å². The fourth-order valence-corrected chi connectivity index (χ4v) is 2.33. The number of carbonyl (C=O) groups is 1. The maximum Gasteiger partial charge on any atom is 0.259 e. The molecular formula is C17H18N4O2. The standard InChI is InChI=1S/C17H18N4O2/c1-11-6-12(2)21(20-11)10-15-8-13(4-5-16(15)23-3)7-14(9-18)17(19)22/h4-8H,10H2,1-3H3,(H2,19,22)/b14-7-. The molecule has 0 radical (unpaired) electrons. The van der Waals surface area contributed by atoms with Gasteiger partial charge in [0, 0.05) is 11.3 Å². The summed E-state index contributed by atoms with van der Waals surface area (Å²) >= 11 is 0. The van der Waals surface area contributed by atoms with Gasteiger partial charge in [0.1, 0.15) is 17.4 Å². The van der Waals surface area contributed by atoms with Gasteiger partial charge in [0.2, 0.25) is 0 Å². The number of carbonyl (C=O) groups excluding carboxylic acids is 1. The van der Waals surface area contributed by atoms with Gasteiger partial charge >= 0.3 is 0 Å². The van der Waals surface area contributed by atoms with E-state index in [4.69, 9.17) is 15.7 Å². The number of ether oxygens (including phenoxy) is 1. The first kappa shape index (κ1) is 16.3. The van der Waals surface area contributed by atoms with Crippen LogP contribution in [0.25, 0.3) is 6.08 Å². The van der Waals surface area contributed by atoms with Crippen LogP contribution in [0.1, 0.15) is 22.5 Å². The van der Waals surface area contributed by atoms with Gasteiger partial charge in [-0.2, -0.15) is 10.4 Å². The number of nitrogens with zero attached hydrogens (tertiary/aromatic N) is 3. The van der Waals surface area contributed by atoms with Gasteiger partial charge in [-0.15, -0.1) is 0 Å². The summed E-state index contributed by atoms with van der Waals surface area (Å²) in [6, 6.07) is 9.21. The highest BCUT2D eigenvalue weighted by molar-refractivity contribution is 6.00. The lowest BCUT2D eigenvalue weighted by atomic mass is 10.1. The summed E-state index contributed by atoms with van der Waals surface area (Å²) < 4.78 is 7.25. The van der Waals surface area contributed by atoms with Crippen molar-refractivity contribution in [2.45, 2.75) is 20.4 Å². The molecule has 6 nitrogen and oxygen atoms in total. The van der Waals surface area contributed by atoms with Crippen molar-refractivity contribution < 1.29 is 9.53 Å². The third-order valence-electron chi connectivity index (χ3n) is 3.42. The summed E-state index contributed by atoms with van der Waals surface area (Å²) in [5.41, 5.74) is 8.66. The molecule has 23 heavy (non-hydrogen) atoms. The second-order valence-corrected chi connectivity index (χ2v) is 5.19. The molecule has 2 N–H and O–H groups in total. The third-order valence-corrected chi connectivity index (χ3v) is 3.42. The number of amides is 1. The predicted octanol–water partition coefficient (Wildman–Crippen LogP) is 1.95. The van der Waals surface area contributed by atoms with E-state index in [-0.39, 0.29) is 5.57 Å². The topological polar surface area (TPSA) is 93.9 Å². The zero-order chi connectivity index (χ0) is 17.0. The van der Waals surface area contributed by atoms with Crippen molar-refractivity contribution in [3.05, 3.63) is 52.4 Å². The van der Waals surface area contributed by atoms with Crippen LogP contribution >= 0.6 is 0 Å². The number of nitrogens with two attached hydrogens (primary N) is 1. The van der Waals surface area contributed by atoms with Crippen molar-refractivity contribution >= 4 is 12.0 Å². The first-order chi connectivity index (χ1) is 10.9. The molecule has 0 bridgehead atoms. The molecule has 6 heteroatoms. The van der Waals surface area contributed by atoms with Crippen LogP contribution in [0.5, 0.6) is 5.75 Å². The zero-order valence-electron chi connectivity index (χ0n) is 13.3. The molecule has 1 aromatic heterocycles. The van der Waals surface area contributed by atoms with Gasteiger partial charge in [0.25, 0.3) is 5.91 Å². The third kappa shape index (κ3) is 3.77. The maximum absolute atomic E-state index is 11.2. The number of nitriles is 1. The quantitative estimate of drug-likeness (QED) is 0.674. The molecule has 0 aliphatic carbocycles. The minimum atomic E-state index is -0.747. The Balaban J connectivity index is 2.42. The molecule has 1 amide bonds. The molecule has 0 aliphatic heterocycles. The Bertz CT molecular complexity index is 812. The summed E-state index contributed by atoms with van der Waals surface area (Å²) in [4.78, 5) is 11.2. The van der Waals surface area contributed by atoms with Crippen molar-refractivity contribution in [2.24, 2.45) is 5.73 Å². The molecule has 1 aromatic carbocycles. The molecule has 0 saturated carbocycles. The SMILES string of the molecule is COc1ccc(/C=C(/C#N)C(N)=O)cc1Cn1nc(C)cc1C. The van der Waals surface area contributed by atoms with E-state index in [2.05, 4.69) is 5.10 Å². The lowest BCUT2D eigenvalue weighted by Crippen LogP contribution is -2.12. The van der Waals surface area contributed by atoms with Gasteiger partial charge < -0.3 is 10.5 Å². The number of hydrogen-bond acceptors (Lipinski definition) is 4. The van der Waals surface area contributed by atoms with E-state index in [1.54, 1.807) is 25.3 Å². The van der Waals surface area contributed by atoms with Crippen LogP contribution in [0.2, 0.25) is 0 Å². The highest BCUT2D eigenvalue weighted by Crippen LogP contribution is 2.23. The number of methoxy groups -OCH3 is 1. The zero-order valence-corrected chi connectivity index (χ0v) is 13.3. The van der Waals surface area contributed by atoms with Crippen LogP contribution in [0.4, 0.5) is 0 Å². The van der Waals surface area contributed by atoms with Crippen molar-refractivity contribution in [1.82, 2.24) is 9.78 Å². The smallest absolute Gasteiger partial charge is 0.259 e. The van der Waals surface area contributed by atoms with E-state index in [1.165, 1.54) is 6.08 Å². The van der Waals surface area contributed by atoms with E-state index in [1.807, 2.05) is 30.7 Å². The van der Waals surface area contributed by atoms with Crippen molar-refractivity contribution in [3.63, 3.8) is 0 Å². The lowest BCUT2D eigenvalue weighted by Gasteiger charge is -2.11. The first-order valence-electron chi connectivity index (χ1n) is 7.04. The van der Waals surface area contributed by atoms with Gasteiger partial charge in [-0.25, -0.2) is 0 Å². The summed E-state index contributed by atoms with van der Waals surface area (Å²) in [6.45, 7) is 4.45. The summed E-state index contributed by atoms with van der Waals surface area (Å²) in [5.74, 6) is -0.0318. The Labute approximate surface area is 134 Å². The monoisotopic (exact) mass is 310 g/mol. The van der Waals surface area contributed by atoms with Crippen molar-refractivity contribution in [1.29, 1.82) is 5.26 Å². The van der Waals surface area contributed by atoms with Crippen LogP contribution in [-0.4, -0.2) is 22.8 Å². The summed E-state index contributed by atoms with van der Waals surface area (Å²) in [7, 11) is 1.60. The molecule has 0 spiro atoms. The second-order valence-electron chi connectivity index (χ2n) is 5.19. The number of rotatable bonds is 5. The number of hydrogen-bond donors (Lipinski definition) is 1. The molecular weight excluding hydrogens is 292 g/mol. The number of primary amides is 1. The minimum Gasteiger partial charge on any atom is -0.496 e. The average Bonchev–Trinajstić information content (AvgIpc) is 2.82. The Morgan fingerprint density at radius 2 is 2.17 bits per heavy atom. The number of benzene rings is 1. The van der Waals surface area contributed by atoms with Crippen LogP contribution < -0.4 is 10.5 Å². The minimum absolute atomic E-state index is 0.0905. The first-order valence-corrected chi connectivity index (χ1v) is 7.04. The van der Waals surface area contributed by atoms with E-state index in [0.717, 1.165) is 17.0 Å². The van der Waals surface area contributed by atoms with Gasteiger partial charge in [0.05, 0.1) is 19.3 Å². The highest BCUT2D eigenvalue weighted by atomic mass is 16.5. The van der Waals surface area contributed by atoms with Crippen molar-refractivity contribution in [2.75, 3.05) is 7.11 Å². The normalized spacial score (nSPS) is 11.1. The molecule has 1 heterocycles. The molecule has 0 saturated heterocycles. The highest BCUT2D eigenvalue weighted by Gasteiger charge is 2.09. The van der Waals surface area contributed by atoms with Gasteiger partial charge in [0.15, 0.2) is 0 Å². The number of aromatic nitrogens is 2. The van der Waals surface area contributed by atoms with Gasteiger partial charge in [-0.3, -0.25) is 9.48 Å². The summed E-state index contributed by atoms with van der Waals surface area (Å²) in [6.07, 6.45) is 1.46. The largest absolute Gasteiger partial charge is 0.496 e. The molecule has 2 aromatic rings. The van der Waals surface area contributed by atoms with Gasteiger partial charge in [-0.05, 0) is 43.7 Å². The molecule has 2 rings (SSSR count). The second kappa shape index (κ2) is 6.79. The fourth-order valence-electron chi connectivity index (χ4n) is 2.33. The Kier molecular flexibility index (Phi) is 4.82. The van der Waals surface area contributed by atoms with Crippen LogP contribution in [0, 0.1) is 25.2 Å². The lowest BCUT2D eigenvalue weighted by molar-refractivity contribution is -0.114. The van der Waals surface area contributed by atoms with Crippen LogP contribution in [0.15, 0.2) is 29.8 Å². The predicted molar refractivity (Wildman–Crippen MR) is 86.6 cm³/mol. The van der Waals surface area contributed by atoms with E-state index >= 15 is 0 Å². The number of aryl methyl sites for hydroxylation is 2. The molecule has 0 aliphatic rings. The maximum atomic E-state index is 11.2. The molecule has 0 atom stereocenters. The Morgan fingerprint density at radius 1 is 1.43 bits per heavy atom. The van der Waals surface area contributed by atoms with Crippen LogP contribution in [0.3, 0.4) is 0 Å². The van der Waals surface area contributed by atoms with E-state index < -0.39 is 5.91 Å². The summed E-state index contributed by atoms with van der Waals surface area (Å²) in [5, 5.41) is 13.4. The molecule has 0 fully saturated rings. The van der Waals surface area contributed by atoms with E-state index in [9.17, 15) is 4.79 Å². The van der Waals surface area contributed by atoms with E-state index in [0.29, 0.717) is 17.9 Å².